The summed E-state index contributed by atoms with van der Waals surface area (Å²) in [6.07, 6.45) is 6.45. The van der Waals surface area contributed by atoms with E-state index in [0.29, 0.717) is 0 Å². The molecule has 0 aliphatic heterocycles. The first-order valence-corrected chi connectivity index (χ1v) is 24.8. The van der Waals surface area contributed by atoms with Crippen molar-refractivity contribution in [2.75, 3.05) is 0 Å². The van der Waals surface area contributed by atoms with Crippen LogP contribution in [0.1, 0.15) is 49.1 Å². The van der Waals surface area contributed by atoms with Crippen LogP contribution in [-0.4, -0.2) is 19.1 Å². The van der Waals surface area contributed by atoms with E-state index in [1.165, 1.54) is 99.4 Å². The molecule has 0 bridgehead atoms. The lowest BCUT2D eigenvalue weighted by Gasteiger charge is -2.23. The van der Waals surface area contributed by atoms with Gasteiger partial charge in [0, 0.05) is 49.5 Å². The third-order valence-corrected chi connectivity index (χ3v) is 15.3. The van der Waals surface area contributed by atoms with E-state index in [4.69, 9.17) is 9.97 Å². The average molecular weight is 909 g/mol. The number of para-hydroxylation sites is 3. The molecule has 9 aromatic carbocycles. The van der Waals surface area contributed by atoms with Crippen molar-refractivity contribution in [2.45, 2.75) is 32.1 Å². The standard InChI is InChI=1S/C67H48N4/c1-67(2)58-22-12-9-19-52(58)53-36-31-49(41-59(53)67)43-25-27-44(28-26-43)60-42-61(69-66(68-60)46-15-5-3-6-16-46)45-29-34-51(35-30-45)71-63-24-14-11-21-55(63)57-40-48(33-38-65(57)71)47-32-37-64-56(39-47)54-20-10-13-23-62(54)70(64)50-17-7-4-8-18-50/h3-25,27,29-42H,26,28H2,1-2H3. The average Bonchev–Trinajstić information content (AvgIpc) is 4.03. The summed E-state index contributed by atoms with van der Waals surface area (Å²) in [4.78, 5) is 10.4. The molecule has 71 heavy (non-hydrogen) atoms. The Kier molecular flexibility index (Phi) is 9.34. The summed E-state index contributed by atoms with van der Waals surface area (Å²) < 4.78 is 4.77. The van der Waals surface area contributed by atoms with Crippen LogP contribution in [0, 0.1) is 0 Å². The summed E-state index contributed by atoms with van der Waals surface area (Å²) in [5.74, 6) is 0.734. The van der Waals surface area contributed by atoms with Crippen LogP contribution in [0.2, 0.25) is 0 Å². The van der Waals surface area contributed by atoms with Gasteiger partial charge in [-0.2, -0.15) is 0 Å². The molecular weight excluding hydrogens is 861 g/mol. The minimum Gasteiger partial charge on any atom is -0.309 e. The van der Waals surface area contributed by atoms with Gasteiger partial charge >= 0.3 is 0 Å². The second-order valence-corrected chi connectivity index (χ2v) is 19.7. The van der Waals surface area contributed by atoms with E-state index in [1.54, 1.807) is 0 Å². The molecule has 2 aliphatic rings. The van der Waals surface area contributed by atoms with Gasteiger partial charge in [-0.05, 0) is 136 Å². The monoisotopic (exact) mass is 908 g/mol. The van der Waals surface area contributed by atoms with Gasteiger partial charge in [0.2, 0.25) is 0 Å². The quantitative estimate of drug-likeness (QED) is 0.160. The Morgan fingerprint density at radius 3 is 1.52 bits per heavy atom. The molecule has 0 spiro atoms. The Bertz CT molecular complexity index is 4170. The van der Waals surface area contributed by atoms with Gasteiger partial charge in [0.1, 0.15) is 0 Å². The molecule has 336 valence electrons. The highest BCUT2D eigenvalue weighted by atomic mass is 15.0. The second kappa shape index (κ2) is 16.1. The highest BCUT2D eigenvalue weighted by molar-refractivity contribution is 6.12. The molecular formula is C67H48N4. The van der Waals surface area contributed by atoms with Crippen LogP contribution in [0.15, 0.2) is 231 Å². The van der Waals surface area contributed by atoms with E-state index >= 15 is 0 Å². The maximum atomic E-state index is 5.22. The Labute approximate surface area is 413 Å². The number of aromatic nitrogens is 4. The summed E-state index contributed by atoms with van der Waals surface area (Å²) >= 11 is 0. The van der Waals surface area contributed by atoms with E-state index in [0.717, 1.165) is 46.9 Å². The van der Waals surface area contributed by atoms with Gasteiger partial charge in [0.05, 0.1) is 33.5 Å². The Morgan fingerprint density at radius 1 is 0.352 bits per heavy atom. The topological polar surface area (TPSA) is 35.6 Å². The molecule has 0 unspecified atom stereocenters. The fourth-order valence-electron chi connectivity index (χ4n) is 11.7. The van der Waals surface area contributed by atoms with Crippen molar-refractivity contribution in [1.29, 1.82) is 0 Å². The number of benzene rings is 9. The molecule has 3 aromatic heterocycles. The van der Waals surface area contributed by atoms with E-state index < -0.39 is 0 Å². The van der Waals surface area contributed by atoms with Crippen molar-refractivity contribution >= 4 is 54.8 Å². The highest BCUT2D eigenvalue weighted by Crippen LogP contribution is 2.50. The molecule has 4 nitrogen and oxygen atoms in total. The summed E-state index contributed by atoms with van der Waals surface area (Å²) in [5.41, 5.74) is 22.8. The van der Waals surface area contributed by atoms with Crippen molar-refractivity contribution in [1.82, 2.24) is 19.1 Å². The number of hydrogen-bond donors (Lipinski definition) is 0. The third-order valence-electron chi connectivity index (χ3n) is 15.3. The number of hydrogen-bond acceptors (Lipinski definition) is 2. The van der Waals surface area contributed by atoms with Crippen LogP contribution in [0.4, 0.5) is 0 Å². The zero-order valence-corrected chi connectivity index (χ0v) is 39.6. The van der Waals surface area contributed by atoms with Gasteiger partial charge in [0.15, 0.2) is 5.82 Å². The van der Waals surface area contributed by atoms with Crippen molar-refractivity contribution in [3.8, 4) is 56.3 Å². The lowest BCUT2D eigenvalue weighted by atomic mass is 9.81. The maximum Gasteiger partial charge on any atom is 0.160 e. The van der Waals surface area contributed by atoms with Gasteiger partial charge in [0.25, 0.3) is 0 Å². The Morgan fingerprint density at radius 2 is 0.859 bits per heavy atom. The van der Waals surface area contributed by atoms with Crippen molar-refractivity contribution in [3.63, 3.8) is 0 Å². The molecule has 0 N–H and O–H groups in total. The van der Waals surface area contributed by atoms with Crippen LogP contribution in [0.5, 0.6) is 0 Å². The third kappa shape index (κ3) is 6.66. The van der Waals surface area contributed by atoms with Gasteiger partial charge in [-0.3, -0.25) is 0 Å². The minimum absolute atomic E-state index is 0.0276. The Balaban J connectivity index is 0.810. The number of rotatable bonds is 7. The molecule has 0 radical (unpaired) electrons. The lowest BCUT2D eigenvalue weighted by Crippen LogP contribution is -2.15. The van der Waals surface area contributed by atoms with Crippen LogP contribution in [0.3, 0.4) is 0 Å². The molecule has 0 fully saturated rings. The molecule has 0 saturated carbocycles. The molecule has 4 heteroatoms. The largest absolute Gasteiger partial charge is 0.309 e. The predicted octanol–water partition coefficient (Wildman–Crippen LogP) is 17.2. The molecule has 0 atom stereocenters. The highest BCUT2D eigenvalue weighted by Gasteiger charge is 2.35. The predicted molar refractivity (Wildman–Crippen MR) is 296 cm³/mol. The first kappa shape index (κ1) is 41.1. The van der Waals surface area contributed by atoms with Gasteiger partial charge in [-0.1, -0.05) is 172 Å². The van der Waals surface area contributed by atoms with E-state index in [-0.39, 0.29) is 5.41 Å². The summed E-state index contributed by atoms with van der Waals surface area (Å²) in [5, 5.41) is 4.96. The lowest BCUT2D eigenvalue weighted by molar-refractivity contribution is 0.660. The van der Waals surface area contributed by atoms with E-state index in [2.05, 4.69) is 247 Å². The molecule has 12 aromatic rings. The molecule has 0 amide bonds. The Hall–Kier alpha value is -8.86. The fraction of sp³-hybridized carbons (Fsp3) is 0.0746. The van der Waals surface area contributed by atoms with Crippen molar-refractivity contribution < 1.29 is 0 Å². The smallest absolute Gasteiger partial charge is 0.160 e. The van der Waals surface area contributed by atoms with Crippen molar-refractivity contribution in [3.05, 3.63) is 253 Å². The zero-order chi connectivity index (χ0) is 47.2. The van der Waals surface area contributed by atoms with Crippen LogP contribution in [-0.2, 0) is 5.41 Å². The summed E-state index contributed by atoms with van der Waals surface area (Å²) in [6.45, 7) is 4.71. The van der Waals surface area contributed by atoms with Gasteiger partial charge in [-0.15, -0.1) is 0 Å². The first-order chi connectivity index (χ1) is 34.9. The molecule has 14 rings (SSSR count). The van der Waals surface area contributed by atoms with Crippen LogP contribution in [0.25, 0.3) is 111 Å². The summed E-state index contributed by atoms with van der Waals surface area (Å²) in [6, 6.07) is 79.4. The normalized spacial score (nSPS) is 13.9. The second-order valence-electron chi connectivity index (χ2n) is 19.7. The van der Waals surface area contributed by atoms with Crippen LogP contribution >= 0.6 is 0 Å². The number of allylic oxidation sites excluding steroid dienone is 4. The van der Waals surface area contributed by atoms with E-state index in [9.17, 15) is 0 Å². The molecule has 3 heterocycles. The fourth-order valence-corrected chi connectivity index (χ4v) is 11.7. The van der Waals surface area contributed by atoms with Crippen LogP contribution < -0.4 is 0 Å². The first-order valence-electron chi connectivity index (χ1n) is 24.8. The molecule has 2 aliphatic carbocycles. The van der Waals surface area contributed by atoms with Gasteiger partial charge < -0.3 is 9.13 Å². The number of nitrogens with zero attached hydrogens (tertiary/aromatic N) is 4. The molecule has 0 saturated heterocycles. The SMILES string of the molecule is CC1(C)c2ccccc2-c2ccc(C3=CC=C(c4cc(-c5ccc(-n6c7ccccc7c7cc(-c8ccc9c(c8)c8ccccc8n9-c8ccccc8)ccc76)cc5)nc(-c5ccccc5)n4)CC3)cc21. The summed E-state index contributed by atoms with van der Waals surface area (Å²) in [7, 11) is 0. The van der Waals surface area contributed by atoms with Gasteiger partial charge in [-0.25, -0.2) is 9.97 Å². The number of fused-ring (bicyclic) bond motifs is 9. The maximum absolute atomic E-state index is 5.22. The van der Waals surface area contributed by atoms with Crippen molar-refractivity contribution in [2.24, 2.45) is 0 Å². The van der Waals surface area contributed by atoms with E-state index in [1.807, 2.05) is 6.07 Å². The zero-order valence-electron chi connectivity index (χ0n) is 39.6. The minimum atomic E-state index is -0.0276.